The molecule has 1 saturated heterocycles. The van der Waals surface area contributed by atoms with Crippen molar-refractivity contribution in [1.82, 2.24) is 10.6 Å². The molecule has 0 saturated carbocycles. The monoisotopic (exact) mass is 363 g/mol. The van der Waals surface area contributed by atoms with Gasteiger partial charge in [-0.3, -0.25) is 0 Å². The molecule has 0 aliphatic carbocycles. The van der Waals surface area contributed by atoms with E-state index in [0.717, 1.165) is 36.8 Å². The van der Waals surface area contributed by atoms with Crippen molar-refractivity contribution >= 4 is 5.96 Å². The predicted molar refractivity (Wildman–Crippen MR) is 105 cm³/mol. The summed E-state index contributed by atoms with van der Waals surface area (Å²) in [5, 5.41) is 6.62. The Balaban J connectivity index is 2.07. The van der Waals surface area contributed by atoms with Gasteiger partial charge in [0.15, 0.2) is 5.96 Å². The largest absolute Gasteiger partial charge is 0.488 e. The molecule has 2 N–H and O–H groups in total. The number of aliphatic imine (C=N–C) groups is 1. The smallest absolute Gasteiger partial charge is 0.191 e. The zero-order valence-electron chi connectivity index (χ0n) is 16.7. The summed E-state index contributed by atoms with van der Waals surface area (Å²) >= 11 is 0. The molecule has 1 aromatic rings. The Morgan fingerprint density at radius 3 is 2.81 bits per heavy atom. The number of hydrogen-bond acceptors (Lipinski definition) is 4. The van der Waals surface area contributed by atoms with Crippen LogP contribution in [0.2, 0.25) is 0 Å². The average Bonchev–Trinajstić information content (AvgIpc) is 3.12. The minimum Gasteiger partial charge on any atom is -0.488 e. The fourth-order valence-corrected chi connectivity index (χ4v) is 2.56. The summed E-state index contributed by atoms with van der Waals surface area (Å²) in [4.78, 5) is 4.71. The number of methoxy groups -OCH3 is 1. The Labute approximate surface area is 157 Å². The second-order valence-electron chi connectivity index (χ2n) is 7.23. The number of guanidine groups is 1. The van der Waals surface area contributed by atoms with Gasteiger partial charge in [0.25, 0.3) is 0 Å². The second-order valence-corrected chi connectivity index (χ2v) is 7.23. The molecule has 1 aromatic carbocycles. The van der Waals surface area contributed by atoms with Gasteiger partial charge in [-0.25, -0.2) is 4.99 Å². The minimum atomic E-state index is -0.253. The lowest BCUT2D eigenvalue weighted by Gasteiger charge is -2.24. The predicted octanol–water partition coefficient (Wildman–Crippen LogP) is 2.64. The first-order valence-corrected chi connectivity index (χ1v) is 9.35. The topological polar surface area (TPSA) is 64.1 Å². The average molecular weight is 364 g/mol. The summed E-state index contributed by atoms with van der Waals surface area (Å²) in [5.74, 6) is 1.67. The zero-order valence-corrected chi connectivity index (χ0v) is 16.7. The molecule has 2 rings (SSSR count). The molecule has 26 heavy (non-hydrogen) atoms. The van der Waals surface area contributed by atoms with E-state index in [9.17, 15) is 0 Å². The Morgan fingerprint density at radius 1 is 1.35 bits per heavy atom. The van der Waals surface area contributed by atoms with Crippen molar-refractivity contribution in [1.29, 1.82) is 0 Å². The first-order valence-electron chi connectivity index (χ1n) is 9.35. The van der Waals surface area contributed by atoms with E-state index < -0.39 is 0 Å². The van der Waals surface area contributed by atoms with E-state index in [0.29, 0.717) is 19.7 Å². The molecule has 6 nitrogen and oxygen atoms in total. The minimum absolute atomic E-state index is 0.133. The summed E-state index contributed by atoms with van der Waals surface area (Å²) in [7, 11) is 1.72. The van der Waals surface area contributed by atoms with Crippen LogP contribution in [0.5, 0.6) is 5.75 Å². The molecular formula is C20H33N3O3. The van der Waals surface area contributed by atoms with Gasteiger partial charge in [-0.05, 0) is 39.3 Å². The van der Waals surface area contributed by atoms with E-state index in [2.05, 4.69) is 42.7 Å². The van der Waals surface area contributed by atoms with Gasteiger partial charge in [0.1, 0.15) is 11.9 Å². The van der Waals surface area contributed by atoms with Gasteiger partial charge in [-0.15, -0.1) is 0 Å². The van der Waals surface area contributed by atoms with Gasteiger partial charge in [0, 0.05) is 32.2 Å². The fourth-order valence-electron chi connectivity index (χ4n) is 2.56. The Morgan fingerprint density at radius 2 is 2.15 bits per heavy atom. The second kappa shape index (κ2) is 9.78. The molecule has 1 unspecified atom stereocenters. The number of nitrogens with zero attached hydrogens (tertiary/aromatic N) is 1. The van der Waals surface area contributed by atoms with Gasteiger partial charge in [-0.1, -0.05) is 12.1 Å². The lowest BCUT2D eigenvalue weighted by Crippen LogP contribution is -2.45. The van der Waals surface area contributed by atoms with Gasteiger partial charge in [0.05, 0.1) is 25.4 Å². The number of ether oxygens (including phenoxy) is 3. The van der Waals surface area contributed by atoms with Crippen molar-refractivity contribution in [2.75, 3.05) is 33.4 Å². The maximum Gasteiger partial charge on any atom is 0.191 e. The van der Waals surface area contributed by atoms with E-state index in [1.807, 2.05) is 13.8 Å². The molecule has 0 spiro atoms. The molecule has 146 valence electrons. The summed E-state index contributed by atoms with van der Waals surface area (Å²) < 4.78 is 17.0. The Hall–Kier alpha value is -1.79. The van der Waals surface area contributed by atoms with Gasteiger partial charge in [0.2, 0.25) is 0 Å². The maximum absolute atomic E-state index is 6.16. The summed E-state index contributed by atoms with van der Waals surface area (Å²) in [5.41, 5.74) is 2.00. The summed E-state index contributed by atoms with van der Waals surface area (Å²) in [6, 6.07) is 6.27. The lowest BCUT2D eigenvalue weighted by atomic mass is 10.1. The molecule has 1 aliphatic heterocycles. The van der Waals surface area contributed by atoms with E-state index in [4.69, 9.17) is 19.2 Å². The lowest BCUT2D eigenvalue weighted by molar-refractivity contribution is 0.0268. The van der Waals surface area contributed by atoms with Gasteiger partial charge < -0.3 is 24.8 Å². The van der Waals surface area contributed by atoms with Crippen LogP contribution in [-0.4, -0.2) is 51.1 Å². The van der Waals surface area contributed by atoms with Crippen LogP contribution in [-0.2, 0) is 16.0 Å². The van der Waals surface area contributed by atoms with Gasteiger partial charge >= 0.3 is 0 Å². The molecule has 6 heteroatoms. The molecule has 0 aromatic heterocycles. The van der Waals surface area contributed by atoms with Crippen LogP contribution in [0.1, 0.15) is 38.3 Å². The molecule has 1 fully saturated rings. The fraction of sp³-hybridized carbons (Fsp3) is 0.650. The SMILES string of the molecule is CCNC(=NCc1ccc(C)cc1OC1CCOC1)NCC(C)(C)OC. The highest BCUT2D eigenvalue weighted by Crippen LogP contribution is 2.24. The molecular weight excluding hydrogens is 330 g/mol. The first-order chi connectivity index (χ1) is 12.4. The Bertz CT molecular complexity index is 596. The molecule has 1 aliphatic rings. The zero-order chi connectivity index (χ0) is 19.0. The highest BCUT2D eigenvalue weighted by molar-refractivity contribution is 5.79. The van der Waals surface area contributed by atoms with E-state index >= 15 is 0 Å². The van der Waals surface area contributed by atoms with Crippen molar-refractivity contribution in [2.45, 2.75) is 52.4 Å². The number of nitrogens with one attached hydrogen (secondary N) is 2. The molecule has 0 amide bonds. The number of rotatable bonds is 8. The third-order valence-electron chi connectivity index (χ3n) is 4.39. The van der Waals surface area contributed by atoms with Crippen LogP contribution in [0.3, 0.4) is 0 Å². The van der Waals surface area contributed by atoms with Crippen molar-refractivity contribution < 1.29 is 14.2 Å². The number of aryl methyl sites for hydroxylation is 1. The van der Waals surface area contributed by atoms with Crippen LogP contribution in [0, 0.1) is 6.92 Å². The van der Waals surface area contributed by atoms with Crippen LogP contribution in [0.4, 0.5) is 0 Å². The van der Waals surface area contributed by atoms with Crippen LogP contribution < -0.4 is 15.4 Å². The van der Waals surface area contributed by atoms with Crippen LogP contribution in [0.15, 0.2) is 23.2 Å². The highest BCUT2D eigenvalue weighted by atomic mass is 16.5. The third kappa shape index (κ3) is 6.50. The first kappa shape index (κ1) is 20.5. The number of hydrogen-bond donors (Lipinski definition) is 2. The van der Waals surface area contributed by atoms with Crippen molar-refractivity contribution in [2.24, 2.45) is 4.99 Å². The molecule has 1 atom stereocenters. The molecule has 1 heterocycles. The highest BCUT2D eigenvalue weighted by Gasteiger charge is 2.19. The standard InChI is InChI=1S/C20H33N3O3/c1-6-21-19(23-14-20(3,4)24-5)22-12-16-8-7-15(2)11-18(16)26-17-9-10-25-13-17/h7-8,11,17H,6,9-10,12-14H2,1-5H3,(H2,21,22,23). The van der Waals surface area contributed by atoms with E-state index in [1.165, 1.54) is 5.56 Å². The molecule has 0 radical (unpaired) electrons. The molecule has 0 bridgehead atoms. The third-order valence-corrected chi connectivity index (χ3v) is 4.39. The summed E-state index contributed by atoms with van der Waals surface area (Å²) in [6.07, 6.45) is 1.07. The van der Waals surface area contributed by atoms with E-state index in [-0.39, 0.29) is 11.7 Å². The quantitative estimate of drug-likeness (QED) is 0.549. The van der Waals surface area contributed by atoms with Gasteiger partial charge in [-0.2, -0.15) is 0 Å². The maximum atomic E-state index is 6.16. The van der Waals surface area contributed by atoms with Crippen molar-refractivity contribution in [3.05, 3.63) is 29.3 Å². The van der Waals surface area contributed by atoms with Crippen LogP contribution >= 0.6 is 0 Å². The van der Waals surface area contributed by atoms with Crippen molar-refractivity contribution in [3.8, 4) is 5.75 Å². The summed E-state index contributed by atoms with van der Waals surface area (Å²) in [6.45, 7) is 11.7. The normalized spacial score (nSPS) is 18.0. The number of benzene rings is 1. The Kier molecular flexibility index (Phi) is 7.72. The van der Waals surface area contributed by atoms with Crippen molar-refractivity contribution in [3.63, 3.8) is 0 Å². The van der Waals surface area contributed by atoms with E-state index in [1.54, 1.807) is 7.11 Å². The van der Waals surface area contributed by atoms with Crippen LogP contribution in [0.25, 0.3) is 0 Å².